The Bertz CT molecular complexity index is 397. The van der Waals surface area contributed by atoms with Crippen LogP contribution in [0.2, 0.25) is 0 Å². The lowest BCUT2D eigenvalue weighted by Crippen LogP contribution is -2.42. The Morgan fingerprint density at radius 1 is 1.33 bits per heavy atom. The van der Waals surface area contributed by atoms with E-state index in [9.17, 15) is 5.11 Å². The zero-order chi connectivity index (χ0) is 13.1. The van der Waals surface area contributed by atoms with Crippen LogP contribution in [-0.4, -0.2) is 43.2 Å². The highest BCUT2D eigenvalue weighted by Gasteiger charge is 2.20. The Morgan fingerprint density at radius 2 is 2.00 bits per heavy atom. The van der Waals surface area contributed by atoms with Crippen molar-refractivity contribution in [2.75, 3.05) is 32.1 Å². The second-order valence-corrected chi connectivity index (χ2v) is 5.41. The topological polar surface area (TPSA) is 26.7 Å². The third-order valence-corrected chi connectivity index (χ3v) is 4.14. The molecule has 0 unspecified atom stereocenters. The predicted octanol–water partition coefficient (Wildman–Crippen LogP) is 2.02. The first-order valence-electron chi connectivity index (χ1n) is 6.73. The summed E-state index contributed by atoms with van der Waals surface area (Å²) >= 11 is 0. The number of likely N-dealkylation sites (tertiary alicyclic amines) is 1. The van der Waals surface area contributed by atoms with Gasteiger partial charge in [-0.1, -0.05) is 6.07 Å². The Labute approximate surface area is 110 Å². The highest BCUT2D eigenvalue weighted by atomic mass is 16.3. The summed E-state index contributed by atoms with van der Waals surface area (Å²) in [6, 6.07) is 6.98. The van der Waals surface area contributed by atoms with E-state index in [0.717, 1.165) is 5.56 Å². The molecule has 1 saturated heterocycles. The van der Waals surface area contributed by atoms with Gasteiger partial charge in [-0.05, 0) is 63.2 Å². The first kappa shape index (κ1) is 13.4. The maximum Gasteiger partial charge on any atom is 0.0684 e. The van der Waals surface area contributed by atoms with Gasteiger partial charge in [0, 0.05) is 18.8 Å². The van der Waals surface area contributed by atoms with Crippen molar-refractivity contribution in [3.63, 3.8) is 0 Å². The second kappa shape index (κ2) is 5.72. The van der Waals surface area contributed by atoms with Gasteiger partial charge < -0.3 is 14.9 Å². The molecule has 1 aromatic carbocycles. The van der Waals surface area contributed by atoms with Crippen LogP contribution >= 0.6 is 0 Å². The van der Waals surface area contributed by atoms with Gasteiger partial charge >= 0.3 is 0 Å². The number of aliphatic hydroxyl groups excluding tert-OH is 1. The number of hydrogen-bond donors (Lipinski definition) is 1. The van der Waals surface area contributed by atoms with E-state index in [1.807, 2.05) is 6.07 Å². The van der Waals surface area contributed by atoms with E-state index in [2.05, 4.69) is 43.0 Å². The third-order valence-electron chi connectivity index (χ3n) is 4.14. The van der Waals surface area contributed by atoms with Gasteiger partial charge in [-0.2, -0.15) is 0 Å². The number of hydrogen-bond acceptors (Lipinski definition) is 3. The Morgan fingerprint density at radius 3 is 2.56 bits per heavy atom. The van der Waals surface area contributed by atoms with Crippen LogP contribution in [-0.2, 0) is 6.61 Å². The molecule has 0 amide bonds. The van der Waals surface area contributed by atoms with Gasteiger partial charge in [0.2, 0.25) is 0 Å². The summed E-state index contributed by atoms with van der Waals surface area (Å²) in [7, 11) is 4.37. The maximum atomic E-state index is 9.21. The van der Waals surface area contributed by atoms with Gasteiger partial charge in [-0.15, -0.1) is 0 Å². The zero-order valence-corrected chi connectivity index (χ0v) is 11.7. The minimum Gasteiger partial charge on any atom is -0.392 e. The van der Waals surface area contributed by atoms with Gasteiger partial charge in [0.1, 0.15) is 0 Å². The van der Waals surface area contributed by atoms with Gasteiger partial charge in [-0.25, -0.2) is 0 Å². The number of aryl methyl sites for hydroxylation is 1. The molecule has 1 heterocycles. The first-order valence-corrected chi connectivity index (χ1v) is 6.73. The molecule has 1 aliphatic rings. The highest BCUT2D eigenvalue weighted by Crippen LogP contribution is 2.24. The molecule has 1 aliphatic heterocycles. The molecule has 1 fully saturated rings. The number of nitrogens with zero attached hydrogens (tertiary/aromatic N) is 2. The predicted molar refractivity (Wildman–Crippen MR) is 76.0 cm³/mol. The summed E-state index contributed by atoms with van der Waals surface area (Å²) in [6.07, 6.45) is 2.46. The standard InChI is InChI=1S/C15H24N2O/c1-12-10-15(5-4-13(12)11-18)17(3)14-6-8-16(2)9-7-14/h4-5,10,14,18H,6-9,11H2,1-3H3. The quantitative estimate of drug-likeness (QED) is 0.886. The molecule has 0 aliphatic carbocycles. The molecule has 0 radical (unpaired) electrons. The summed E-state index contributed by atoms with van der Waals surface area (Å²) in [4.78, 5) is 4.78. The minimum atomic E-state index is 0.129. The molecule has 3 nitrogen and oxygen atoms in total. The largest absolute Gasteiger partial charge is 0.392 e. The van der Waals surface area contributed by atoms with Crippen LogP contribution in [0.15, 0.2) is 18.2 Å². The van der Waals surface area contributed by atoms with E-state index in [1.54, 1.807) is 0 Å². The van der Waals surface area contributed by atoms with Crippen LogP contribution in [0.5, 0.6) is 0 Å². The summed E-state index contributed by atoms with van der Waals surface area (Å²) in [5.74, 6) is 0. The molecule has 100 valence electrons. The van der Waals surface area contributed by atoms with E-state index < -0.39 is 0 Å². The molecule has 0 saturated carbocycles. The lowest BCUT2D eigenvalue weighted by atomic mass is 10.0. The van der Waals surface area contributed by atoms with E-state index in [-0.39, 0.29) is 6.61 Å². The van der Waals surface area contributed by atoms with Gasteiger partial charge in [0.15, 0.2) is 0 Å². The molecule has 1 N–H and O–H groups in total. The average molecular weight is 248 g/mol. The van der Waals surface area contributed by atoms with Crippen LogP contribution in [0.4, 0.5) is 5.69 Å². The molecule has 2 rings (SSSR count). The molecule has 1 aromatic rings. The summed E-state index contributed by atoms with van der Waals surface area (Å²) in [6.45, 7) is 4.56. The van der Waals surface area contributed by atoms with Crippen LogP contribution in [0, 0.1) is 6.92 Å². The lowest BCUT2D eigenvalue weighted by Gasteiger charge is -2.36. The van der Waals surface area contributed by atoms with Crippen molar-refractivity contribution in [1.29, 1.82) is 0 Å². The lowest BCUT2D eigenvalue weighted by molar-refractivity contribution is 0.253. The van der Waals surface area contributed by atoms with Crippen LogP contribution in [0.25, 0.3) is 0 Å². The van der Waals surface area contributed by atoms with Gasteiger partial charge in [0.25, 0.3) is 0 Å². The van der Waals surface area contributed by atoms with Crippen molar-refractivity contribution in [3.05, 3.63) is 29.3 Å². The Balaban J connectivity index is 2.08. The van der Waals surface area contributed by atoms with Crippen molar-refractivity contribution < 1.29 is 5.11 Å². The number of aliphatic hydroxyl groups is 1. The second-order valence-electron chi connectivity index (χ2n) is 5.41. The molecular weight excluding hydrogens is 224 g/mol. The molecular formula is C15H24N2O. The van der Waals surface area contributed by atoms with Crippen molar-refractivity contribution >= 4 is 5.69 Å². The van der Waals surface area contributed by atoms with Crippen molar-refractivity contribution in [3.8, 4) is 0 Å². The van der Waals surface area contributed by atoms with Crippen molar-refractivity contribution in [1.82, 2.24) is 4.90 Å². The summed E-state index contributed by atoms with van der Waals surface area (Å²) in [5.41, 5.74) is 3.46. The summed E-state index contributed by atoms with van der Waals surface area (Å²) < 4.78 is 0. The van der Waals surface area contributed by atoms with E-state index in [0.29, 0.717) is 6.04 Å². The van der Waals surface area contributed by atoms with Crippen LogP contribution < -0.4 is 4.90 Å². The van der Waals surface area contributed by atoms with E-state index in [1.165, 1.54) is 37.2 Å². The third kappa shape index (κ3) is 2.85. The summed E-state index contributed by atoms with van der Waals surface area (Å²) in [5, 5.41) is 9.21. The normalized spacial score (nSPS) is 18.0. The molecule has 0 aromatic heterocycles. The number of piperidine rings is 1. The van der Waals surface area contributed by atoms with Crippen LogP contribution in [0.1, 0.15) is 24.0 Å². The van der Waals surface area contributed by atoms with E-state index >= 15 is 0 Å². The smallest absolute Gasteiger partial charge is 0.0684 e. The fourth-order valence-corrected chi connectivity index (χ4v) is 2.67. The van der Waals surface area contributed by atoms with Gasteiger partial charge in [0.05, 0.1) is 6.61 Å². The maximum absolute atomic E-state index is 9.21. The molecule has 3 heteroatoms. The molecule has 0 spiro atoms. The number of benzene rings is 1. The SMILES string of the molecule is Cc1cc(N(C)C2CCN(C)CC2)ccc1CO. The fourth-order valence-electron chi connectivity index (χ4n) is 2.67. The van der Waals surface area contributed by atoms with Crippen molar-refractivity contribution in [2.24, 2.45) is 0 Å². The Kier molecular flexibility index (Phi) is 4.25. The minimum absolute atomic E-state index is 0.129. The number of rotatable bonds is 3. The van der Waals surface area contributed by atoms with Gasteiger partial charge in [-0.3, -0.25) is 0 Å². The first-order chi connectivity index (χ1) is 8.61. The van der Waals surface area contributed by atoms with E-state index in [4.69, 9.17) is 0 Å². The molecule has 0 bridgehead atoms. The molecule has 18 heavy (non-hydrogen) atoms. The van der Waals surface area contributed by atoms with Crippen molar-refractivity contribution in [2.45, 2.75) is 32.4 Å². The monoisotopic (exact) mass is 248 g/mol. The fraction of sp³-hybridized carbons (Fsp3) is 0.600. The highest BCUT2D eigenvalue weighted by molar-refractivity contribution is 5.51. The zero-order valence-electron chi connectivity index (χ0n) is 11.7. The average Bonchev–Trinajstić information content (AvgIpc) is 2.38. The Hall–Kier alpha value is -1.06. The molecule has 0 atom stereocenters. The van der Waals surface area contributed by atoms with Crippen LogP contribution in [0.3, 0.4) is 0 Å². The number of anilines is 1.